The van der Waals surface area contributed by atoms with Gasteiger partial charge >= 0.3 is 7.82 Å². The van der Waals surface area contributed by atoms with Crippen LogP contribution in [0.3, 0.4) is 0 Å². The number of ether oxygens (including phenoxy) is 1. The standard InChI is InChI=1S/C10H11N4O8P/c15-1-6(3-21-23(18,19)20)22-7(2-16)14-5-13-8-9(14)11-4-12-10(8)17/h1-2,4-7H,3H2,(H,11,12,17)(H2,18,19,20)/t6-,7+/m0/s1. The first kappa shape index (κ1) is 17.1. The van der Waals surface area contributed by atoms with Crippen LogP contribution in [0.5, 0.6) is 0 Å². The van der Waals surface area contributed by atoms with E-state index in [0.717, 1.165) is 17.2 Å². The number of carbonyl (C=O) groups is 2. The minimum atomic E-state index is -4.79. The van der Waals surface area contributed by atoms with Crippen LogP contribution in [0.15, 0.2) is 17.4 Å². The van der Waals surface area contributed by atoms with E-state index in [1.807, 2.05) is 0 Å². The van der Waals surface area contributed by atoms with E-state index in [9.17, 15) is 18.9 Å². The van der Waals surface area contributed by atoms with E-state index in [0.29, 0.717) is 6.29 Å². The van der Waals surface area contributed by atoms with E-state index in [1.165, 1.54) is 0 Å². The quantitative estimate of drug-likeness (QED) is 0.377. The molecule has 0 fully saturated rings. The van der Waals surface area contributed by atoms with Gasteiger partial charge in [0.1, 0.15) is 6.10 Å². The SMILES string of the molecule is O=C[C@@H](COP(=O)(O)O)O[C@H](C=O)n1cnc2c(=O)[nH]cnc21. The first-order chi connectivity index (χ1) is 10.9. The summed E-state index contributed by atoms with van der Waals surface area (Å²) in [5.74, 6) is 0. The Kier molecular flexibility index (Phi) is 5.13. The van der Waals surface area contributed by atoms with Crippen molar-refractivity contribution in [2.24, 2.45) is 0 Å². The molecule has 0 saturated carbocycles. The van der Waals surface area contributed by atoms with Gasteiger partial charge in [0, 0.05) is 0 Å². The summed E-state index contributed by atoms with van der Waals surface area (Å²) < 4.78 is 21.0. The zero-order chi connectivity index (χ0) is 17.0. The average Bonchev–Trinajstić information content (AvgIpc) is 2.92. The number of aromatic nitrogens is 4. The van der Waals surface area contributed by atoms with Gasteiger partial charge in [0.25, 0.3) is 5.56 Å². The molecule has 0 bridgehead atoms. The number of hydrogen-bond acceptors (Lipinski definition) is 8. The number of phosphoric acid groups is 1. The van der Waals surface area contributed by atoms with Gasteiger partial charge in [-0.15, -0.1) is 0 Å². The number of H-pyrrole nitrogens is 1. The lowest BCUT2D eigenvalue weighted by atomic mass is 10.4. The second kappa shape index (κ2) is 6.89. The van der Waals surface area contributed by atoms with Gasteiger partial charge < -0.3 is 24.3 Å². The third-order valence-corrected chi connectivity index (χ3v) is 3.11. The van der Waals surface area contributed by atoms with Gasteiger partial charge in [-0.1, -0.05) is 0 Å². The van der Waals surface area contributed by atoms with Crippen molar-refractivity contribution < 1.29 is 33.2 Å². The highest BCUT2D eigenvalue weighted by molar-refractivity contribution is 7.46. The molecule has 2 aromatic rings. The molecular weight excluding hydrogens is 335 g/mol. The summed E-state index contributed by atoms with van der Waals surface area (Å²) in [7, 11) is -4.79. The lowest BCUT2D eigenvalue weighted by Gasteiger charge is -2.18. The number of aldehydes is 2. The van der Waals surface area contributed by atoms with Gasteiger partial charge in [0.2, 0.25) is 0 Å². The fourth-order valence-corrected chi connectivity index (χ4v) is 2.01. The molecule has 0 unspecified atom stereocenters. The Balaban J connectivity index is 2.22. The molecule has 2 rings (SSSR count). The van der Waals surface area contributed by atoms with Crippen molar-refractivity contribution in [1.29, 1.82) is 0 Å². The Bertz CT molecular complexity index is 811. The maximum atomic E-state index is 11.5. The summed E-state index contributed by atoms with van der Waals surface area (Å²) in [6.07, 6.45) is -0.109. The molecule has 0 amide bonds. The highest BCUT2D eigenvalue weighted by Gasteiger charge is 2.23. The van der Waals surface area contributed by atoms with Crippen LogP contribution in [0.1, 0.15) is 6.23 Å². The highest BCUT2D eigenvalue weighted by Crippen LogP contribution is 2.35. The van der Waals surface area contributed by atoms with E-state index in [4.69, 9.17) is 14.5 Å². The molecular formula is C10H11N4O8P. The van der Waals surface area contributed by atoms with Crippen LogP contribution < -0.4 is 5.56 Å². The first-order valence-electron chi connectivity index (χ1n) is 6.02. The number of nitrogens with one attached hydrogen (secondary N) is 1. The predicted octanol–water partition coefficient (Wildman–Crippen LogP) is -1.49. The summed E-state index contributed by atoms with van der Waals surface area (Å²) in [6.45, 7) is -0.765. The van der Waals surface area contributed by atoms with Crippen molar-refractivity contribution in [3.8, 4) is 0 Å². The largest absolute Gasteiger partial charge is 0.469 e. The van der Waals surface area contributed by atoms with E-state index in [-0.39, 0.29) is 17.5 Å². The smallest absolute Gasteiger partial charge is 0.338 e. The number of fused-ring (bicyclic) bond motifs is 1. The molecule has 0 aromatic carbocycles. The third-order valence-electron chi connectivity index (χ3n) is 2.63. The van der Waals surface area contributed by atoms with Crippen LogP contribution in [-0.2, 0) is 23.4 Å². The number of rotatable bonds is 8. The molecule has 23 heavy (non-hydrogen) atoms. The van der Waals surface area contributed by atoms with Crippen LogP contribution in [0, 0.1) is 0 Å². The van der Waals surface area contributed by atoms with Crippen molar-refractivity contribution in [2.75, 3.05) is 6.61 Å². The Labute approximate surface area is 127 Å². The molecule has 2 aromatic heterocycles. The zero-order valence-electron chi connectivity index (χ0n) is 11.3. The normalized spacial score (nSPS) is 14.5. The van der Waals surface area contributed by atoms with Crippen molar-refractivity contribution in [1.82, 2.24) is 19.5 Å². The minimum absolute atomic E-state index is 0.0337. The molecule has 0 saturated heterocycles. The number of phosphoric ester groups is 1. The van der Waals surface area contributed by atoms with Gasteiger partial charge in [0.05, 0.1) is 19.3 Å². The van der Waals surface area contributed by atoms with Gasteiger partial charge in [-0.05, 0) is 0 Å². The number of nitrogens with zero attached hydrogens (tertiary/aromatic N) is 3. The third kappa shape index (κ3) is 4.15. The summed E-state index contributed by atoms with van der Waals surface area (Å²) in [6, 6.07) is 0. The molecule has 3 N–H and O–H groups in total. The van der Waals surface area contributed by atoms with E-state index < -0.39 is 32.3 Å². The van der Waals surface area contributed by atoms with E-state index in [1.54, 1.807) is 0 Å². The molecule has 0 aliphatic carbocycles. The van der Waals surface area contributed by atoms with Crippen molar-refractivity contribution in [2.45, 2.75) is 12.3 Å². The number of imidazole rings is 1. The number of carbonyl (C=O) groups excluding carboxylic acids is 2. The second-order valence-electron chi connectivity index (χ2n) is 4.18. The van der Waals surface area contributed by atoms with Crippen LogP contribution in [0.25, 0.3) is 11.2 Å². The van der Waals surface area contributed by atoms with E-state index >= 15 is 0 Å². The maximum absolute atomic E-state index is 11.5. The molecule has 0 spiro atoms. The molecule has 124 valence electrons. The van der Waals surface area contributed by atoms with Crippen LogP contribution in [0.4, 0.5) is 0 Å². The monoisotopic (exact) mass is 346 g/mol. The highest BCUT2D eigenvalue weighted by atomic mass is 31.2. The van der Waals surface area contributed by atoms with Crippen LogP contribution in [-0.4, -0.2) is 54.6 Å². The Morgan fingerprint density at radius 2 is 2.09 bits per heavy atom. The first-order valence-corrected chi connectivity index (χ1v) is 7.55. The summed E-state index contributed by atoms with van der Waals surface area (Å²) >= 11 is 0. The topological polar surface area (TPSA) is 174 Å². The second-order valence-corrected chi connectivity index (χ2v) is 5.42. The molecule has 0 aliphatic heterocycles. The summed E-state index contributed by atoms with van der Waals surface area (Å²) in [5, 5.41) is 0. The lowest BCUT2D eigenvalue weighted by molar-refractivity contribution is -0.139. The van der Waals surface area contributed by atoms with Gasteiger partial charge in [-0.2, -0.15) is 0 Å². The maximum Gasteiger partial charge on any atom is 0.469 e. The Hall–Kier alpha value is -2.24. The zero-order valence-corrected chi connectivity index (χ0v) is 12.2. The van der Waals surface area contributed by atoms with Crippen molar-refractivity contribution >= 4 is 31.6 Å². The molecule has 12 nitrogen and oxygen atoms in total. The molecule has 13 heteroatoms. The molecule has 0 radical (unpaired) electrons. The number of aromatic amines is 1. The van der Waals surface area contributed by atoms with Gasteiger partial charge in [-0.25, -0.2) is 14.5 Å². The van der Waals surface area contributed by atoms with E-state index in [2.05, 4.69) is 19.5 Å². The van der Waals surface area contributed by atoms with Gasteiger partial charge in [-0.3, -0.25) is 18.7 Å². The van der Waals surface area contributed by atoms with Crippen LogP contribution >= 0.6 is 7.82 Å². The Morgan fingerprint density at radius 1 is 1.35 bits per heavy atom. The average molecular weight is 346 g/mol. The fraction of sp³-hybridized carbons (Fsp3) is 0.300. The lowest BCUT2D eigenvalue weighted by Crippen LogP contribution is -2.27. The summed E-state index contributed by atoms with van der Waals surface area (Å²) in [5.41, 5.74) is -0.543. The van der Waals surface area contributed by atoms with Gasteiger partial charge in [0.15, 0.2) is 30.0 Å². The summed E-state index contributed by atoms with van der Waals surface area (Å²) in [4.78, 5) is 60.7. The minimum Gasteiger partial charge on any atom is -0.338 e. The predicted molar refractivity (Wildman–Crippen MR) is 72.2 cm³/mol. The molecule has 2 heterocycles. The van der Waals surface area contributed by atoms with Crippen LogP contribution in [0.2, 0.25) is 0 Å². The fourth-order valence-electron chi connectivity index (χ4n) is 1.67. The Morgan fingerprint density at radius 3 is 2.70 bits per heavy atom. The molecule has 2 atom stereocenters. The van der Waals surface area contributed by atoms with Crippen molar-refractivity contribution in [3.05, 3.63) is 23.0 Å². The molecule has 0 aliphatic rings. The number of hydrogen-bond donors (Lipinski definition) is 3. The van der Waals surface area contributed by atoms with Crippen molar-refractivity contribution in [3.63, 3.8) is 0 Å².